The Balaban J connectivity index is 1.61. The fourth-order valence-corrected chi connectivity index (χ4v) is 5.40. The van der Waals surface area contributed by atoms with Crippen LogP contribution in [-0.4, -0.2) is 24.4 Å². The number of rotatable bonds is 6. The lowest BCUT2D eigenvalue weighted by Gasteiger charge is -2.18. The Labute approximate surface area is 201 Å². The first-order chi connectivity index (χ1) is 16.4. The van der Waals surface area contributed by atoms with Gasteiger partial charge in [0, 0.05) is 10.6 Å². The molecule has 0 aliphatic heterocycles. The molecule has 6 nitrogen and oxygen atoms in total. The van der Waals surface area contributed by atoms with Crippen molar-refractivity contribution in [1.29, 1.82) is 0 Å². The Hall–Kier alpha value is -3.52. The molecule has 1 aliphatic rings. The highest BCUT2D eigenvalue weighted by molar-refractivity contribution is 7.17. The molecule has 0 spiro atoms. The Morgan fingerprint density at radius 1 is 1.06 bits per heavy atom. The van der Waals surface area contributed by atoms with Crippen molar-refractivity contribution < 1.29 is 23.5 Å². The van der Waals surface area contributed by atoms with Gasteiger partial charge >= 0.3 is 5.97 Å². The second-order valence-corrected chi connectivity index (χ2v) is 9.35. The predicted octanol–water partition coefficient (Wildman–Crippen LogP) is 5.69. The van der Waals surface area contributed by atoms with Crippen LogP contribution in [0.5, 0.6) is 0 Å². The third-order valence-corrected chi connectivity index (χ3v) is 6.91. The van der Waals surface area contributed by atoms with E-state index in [2.05, 4.69) is 17.6 Å². The fraction of sp³-hybridized carbons (Fsp3) is 0.269. The number of benzene rings is 2. The molecular weight excluding hydrogens is 455 g/mol. The minimum absolute atomic E-state index is 0.0804. The number of fused-ring (bicyclic) bond motifs is 1. The van der Waals surface area contributed by atoms with Crippen molar-refractivity contribution in [3.05, 3.63) is 81.5 Å². The van der Waals surface area contributed by atoms with Crippen LogP contribution < -0.4 is 10.6 Å². The summed E-state index contributed by atoms with van der Waals surface area (Å²) in [7, 11) is 0. The van der Waals surface area contributed by atoms with Gasteiger partial charge in [-0.15, -0.1) is 11.3 Å². The van der Waals surface area contributed by atoms with Crippen molar-refractivity contribution in [2.24, 2.45) is 5.92 Å². The van der Waals surface area contributed by atoms with E-state index in [-0.39, 0.29) is 18.1 Å². The van der Waals surface area contributed by atoms with E-state index in [1.54, 1.807) is 37.3 Å². The van der Waals surface area contributed by atoms with Crippen LogP contribution in [0.1, 0.15) is 61.8 Å². The number of nitrogens with one attached hydrogen (secondary N) is 2. The minimum atomic E-state index is -0.623. The fourth-order valence-electron chi connectivity index (χ4n) is 3.99. The van der Waals surface area contributed by atoms with E-state index in [0.717, 1.165) is 29.7 Å². The molecule has 0 bridgehead atoms. The van der Waals surface area contributed by atoms with Crippen LogP contribution in [0, 0.1) is 11.7 Å². The summed E-state index contributed by atoms with van der Waals surface area (Å²) < 4.78 is 19.1. The number of carbonyl (C=O) groups excluding carboxylic acids is 3. The van der Waals surface area contributed by atoms with Gasteiger partial charge in [0.25, 0.3) is 11.8 Å². The normalized spacial score (nSPS) is 14.7. The summed E-state index contributed by atoms with van der Waals surface area (Å²) in [4.78, 5) is 39.0. The lowest BCUT2D eigenvalue weighted by atomic mass is 9.88. The second-order valence-electron chi connectivity index (χ2n) is 8.24. The van der Waals surface area contributed by atoms with E-state index in [9.17, 15) is 18.8 Å². The highest BCUT2D eigenvalue weighted by atomic mass is 32.1. The molecule has 0 saturated heterocycles. The number of anilines is 2. The Morgan fingerprint density at radius 2 is 1.79 bits per heavy atom. The molecule has 8 heteroatoms. The van der Waals surface area contributed by atoms with Gasteiger partial charge in [0.2, 0.25) is 0 Å². The lowest BCUT2D eigenvalue weighted by Crippen LogP contribution is -2.20. The Morgan fingerprint density at radius 3 is 2.50 bits per heavy atom. The summed E-state index contributed by atoms with van der Waals surface area (Å²) in [6.45, 7) is 4.17. The molecule has 2 N–H and O–H groups in total. The molecule has 4 rings (SSSR count). The average molecular weight is 481 g/mol. The molecule has 176 valence electrons. The van der Waals surface area contributed by atoms with Crippen LogP contribution >= 0.6 is 11.3 Å². The van der Waals surface area contributed by atoms with Crippen molar-refractivity contribution in [2.75, 3.05) is 17.2 Å². The molecule has 0 radical (unpaired) electrons. The van der Waals surface area contributed by atoms with Crippen molar-refractivity contribution in [1.82, 2.24) is 0 Å². The van der Waals surface area contributed by atoms with Crippen molar-refractivity contribution >= 4 is 39.8 Å². The maximum atomic E-state index is 14.1. The highest BCUT2D eigenvalue weighted by Crippen LogP contribution is 2.40. The zero-order chi connectivity index (χ0) is 24.2. The standard InChI is InChI=1S/C26H25FN2O4S/c1-3-33-26(32)16-9-11-17(12-10-16)28-24(31)22-19-13-8-15(2)14-21(19)34-25(22)29-23(30)18-6-4-5-7-20(18)27/h4-7,9-12,15H,3,8,13-14H2,1-2H3,(H,28,31)(H,29,30). The van der Waals surface area contributed by atoms with Crippen molar-refractivity contribution in [3.63, 3.8) is 0 Å². The predicted molar refractivity (Wildman–Crippen MR) is 130 cm³/mol. The van der Waals surface area contributed by atoms with E-state index in [0.29, 0.717) is 27.7 Å². The average Bonchev–Trinajstić information content (AvgIpc) is 3.16. The van der Waals surface area contributed by atoms with Gasteiger partial charge in [0.15, 0.2) is 0 Å². The maximum absolute atomic E-state index is 14.1. The number of carbonyl (C=O) groups is 3. The monoisotopic (exact) mass is 480 g/mol. The quantitative estimate of drug-likeness (QED) is 0.444. The van der Waals surface area contributed by atoms with Gasteiger partial charge < -0.3 is 15.4 Å². The van der Waals surface area contributed by atoms with Gasteiger partial charge in [0.05, 0.1) is 23.3 Å². The topological polar surface area (TPSA) is 84.5 Å². The first kappa shape index (κ1) is 23.6. The zero-order valence-electron chi connectivity index (χ0n) is 18.9. The maximum Gasteiger partial charge on any atom is 0.338 e. The SMILES string of the molecule is CCOC(=O)c1ccc(NC(=O)c2c(NC(=O)c3ccccc3F)sc3c2CCC(C)C3)cc1. The summed E-state index contributed by atoms with van der Waals surface area (Å²) in [5.74, 6) is -1.54. The van der Waals surface area contributed by atoms with E-state index in [1.165, 1.54) is 29.5 Å². The van der Waals surface area contributed by atoms with E-state index >= 15 is 0 Å². The van der Waals surface area contributed by atoms with Crippen molar-refractivity contribution in [3.8, 4) is 0 Å². The van der Waals surface area contributed by atoms with Gasteiger partial charge in [-0.1, -0.05) is 19.1 Å². The number of ether oxygens (including phenoxy) is 1. The van der Waals surface area contributed by atoms with Gasteiger partial charge in [0.1, 0.15) is 10.8 Å². The molecule has 0 saturated carbocycles. The number of hydrogen-bond acceptors (Lipinski definition) is 5. The smallest absolute Gasteiger partial charge is 0.338 e. The Kier molecular flexibility index (Phi) is 7.07. The van der Waals surface area contributed by atoms with E-state index < -0.39 is 17.7 Å². The number of esters is 1. The molecule has 3 aromatic rings. The van der Waals surface area contributed by atoms with Gasteiger partial charge in [-0.05, 0) is 74.1 Å². The number of halogens is 1. The largest absolute Gasteiger partial charge is 0.462 e. The molecule has 2 aromatic carbocycles. The lowest BCUT2D eigenvalue weighted by molar-refractivity contribution is 0.0526. The number of hydrogen-bond donors (Lipinski definition) is 2. The summed E-state index contributed by atoms with van der Waals surface area (Å²) in [5, 5.41) is 6.03. The zero-order valence-corrected chi connectivity index (χ0v) is 19.8. The van der Waals surface area contributed by atoms with E-state index in [4.69, 9.17) is 4.74 Å². The first-order valence-electron chi connectivity index (χ1n) is 11.2. The molecular formula is C26H25FN2O4S. The summed E-state index contributed by atoms with van der Waals surface area (Å²) in [6, 6.07) is 12.2. The van der Waals surface area contributed by atoms with Crippen LogP contribution in [0.3, 0.4) is 0 Å². The summed E-state index contributed by atoms with van der Waals surface area (Å²) in [5.41, 5.74) is 2.15. The van der Waals surface area contributed by atoms with Gasteiger partial charge in [-0.25, -0.2) is 9.18 Å². The van der Waals surface area contributed by atoms with Crippen molar-refractivity contribution in [2.45, 2.75) is 33.1 Å². The third-order valence-electron chi connectivity index (χ3n) is 5.74. The Bertz CT molecular complexity index is 1240. The summed E-state index contributed by atoms with van der Waals surface area (Å²) in [6.07, 6.45) is 2.50. The van der Waals surface area contributed by atoms with E-state index in [1.807, 2.05) is 0 Å². The molecule has 2 amide bonds. The molecule has 1 heterocycles. The molecule has 1 aliphatic carbocycles. The van der Waals surface area contributed by atoms with Gasteiger partial charge in [-0.2, -0.15) is 0 Å². The molecule has 0 fully saturated rings. The molecule has 1 atom stereocenters. The first-order valence-corrected chi connectivity index (χ1v) is 12.0. The summed E-state index contributed by atoms with van der Waals surface area (Å²) >= 11 is 1.37. The van der Waals surface area contributed by atoms with Crippen LogP contribution in [-0.2, 0) is 17.6 Å². The van der Waals surface area contributed by atoms with Crippen LogP contribution in [0.2, 0.25) is 0 Å². The van der Waals surface area contributed by atoms with Gasteiger partial charge in [-0.3, -0.25) is 9.59 Å². The van der Waals surface area contributed by atoms with Crippen LogP contribution in [0.25, 0.3) is 0 Å². The third kappa shape index (κ3) is 5.02. The molecule has 1 aromatic heterocycles. The second kappa shape index (κ2) is 10.2. The molecule has 1 unspecified atom stereocenters. The van der Waals surface area contributed by atoms with Crippen LogP contribution in [0.15, 0.2) is 48.5 Å². The minimum Gasteiger partial charge on any atom is -0.462 e. The number of amides is 2. The highest BCUT2D eigenvalue weighted by Gasteiger charge is 2.29. The van der Waals surface area contributed by atoms with Crippen LogP contribution in [0.4, 0.5) is 15.1 Å². The molecule has 34 heavy (non-hydrogen) atoms. The number of thiophene rings is 1.